The standard InChI is InChI=1S/C19H26N4O/c1-13(2)18-16(11-21-19(24)14(3)15-9-20-10-15)12-23(22-18)17-7-5-4-6-8-17/h4-8,12-15,20H,9-11H2,1-3H3,(H,21,24). The van der Waals surface area contributed by atoms with Gasteiger partial charge in [-0.15, -0.1) is 0 Å². The second-order valence-corrected chi connectivity index (χ2v) is 6.90. The molecule has 1 fully saturated rings. The van der Waals surface area contributed by atoms with Crippen LogP contribution in [0.1, 0.15) is 37.9 Å². The molecule has 2 N–H and O–H groups in total. The van der Waals surface area contributed by atoms with Crippen LogP contribution < -0.4 is 10.6 Å². The Labute approximate surface area is 143 Å². The van der Waals surface area contributed by atoms with E-state index >= 15 is 0 Å². The molecule has 1 atom stereocenters. The molecule has 0 bridgehead atoms. The van der Waals surface area contributed by atoms with Crippen molar-refractivity contribution in [3.8, 4) is 5.69 Å². The van der Waals surface area contributed by atoms with Gasteiger partial charge in [0, 0.05) is 24.2 Å². The number of nitrogens with one attached hydrogen (secondary N) is 2. The second-order valence-electron chi connectivity index (χ2n) is 6.90. The van der Waals surface area contributed by atoms with E-state index in [9.17, 15) is 4.79 Å². The zero-order chi connectivity index (χ0) is 17.1. The predicted octanol–water partition coefficient (Wildman–Crippen LogP) is 2.47. The molecule has 1 aromatic heterocycles. The van der Waals surface area contributed by atoms with Crippen LogP contribution in [0.2, 0.25) is 0 Å². The van der Waals surface area contributed by atoms with Crippen molar-refractivity contribution < 1.29 is 4.79 Å². The minimum Gasteiger partial charge on any atom is -0.352 e. The van der Waals surface area contributed by atoms with Crippen molar-refractivity contribution in [1.29, 1.82) is 0 Å². The molecule has 1 aliphatic rings. The van der Waals surface area contributed by atoms with E-state index in [-0.39, 0.29) is 11.8 Å². The summed E-state index contributed by atoms with van der Waals surface area (Å²) in [6, 6.07) is 10.1. The molecule has 5 heteroatoms. The highest BCUT2D eigenvalue weighted by molar-refractivity contribution is 5.78. The highest BCUT2D eigenvalue weighted by Crippen LogP contribution is 2.21. The highest BCUT2D eigenvalue weighted by Gasteiger charge is 2.28. The van der Waals surface area contributed by atoms with Crippen molar-refractivity contribution in [2.24, 2.45) is 11.8 Å². The number of hydrogen-bond donors (Lipinski definition) is 2. The maximum atomic E-state index is 12.3. The van der Waals surface area contributed by atoms with Gasteiger partial charge in [0.1, 0.15) is 0 Å². The highest BCUT2D eigenvalue weighted by atomic mass is 16.1. The van der Waals surface area contributed by atoms with Crippen LogP contribution >= 0.6 is 0 Å². The summed E-state index contributed by atoms with van der Waals surface area (Å²) in [7, 11) is 0. The van der Waals surface area contributed by atoms with Gasteiger partial charge in [-0.1, -0.05) is 39.0 Å². The largest absolute Gasteiger partial charge is 0.352 e. The number of benzene rings is 1. The van der Waals surface area contributed by atoms with Crippen LogP contribution in [0.25, 0.3) is 5.69 Å². The Morgan fingerprint density at radius 2 is 2.00 bits per heavy atom. The van der Waals surface area contributed by atoms with Crippen molar-refractivity contribution >= 4 is 5.91 Å². The molecule has 2 heterocycles. The smallest absolute Gasteiger partial charge is 0.223 e. The van der Waals surface area contributed by atoms with Gasteiger partial charge in [0.2, 0.25) is 5.91 Å². The molecule has 0 spiro atoms. The molecule has 3 rings (SSSR count). The fraction of sp³-hybridized carbons (Fsp3) is 0.474. The fourth-order valence-electron chi connectivity index (χ4n) is 2.98. The summed E-state index contributed by atoms with van der Waals surface area (Å²) in [5.41, 5.74) is 3.16. The predicted molar refractivity (Wildman–Crippen MR) is 95.0 cm³/mol. The van der Waals surface area contributed by atoms with Crippen LogP contribution in [0.15, 0.2) is 36.5 Å². The number of carbonyl (C=O) groups excluding carboxylic acids is 1. The lowest BCUT2D eigenvalue weighted by molar-refractivity contribution is -0.126. The zero-order valence-corrected chi connectivity index (χ0v) is 14.6. The molecule has 1 unspecified atom stereocenters. The second kappa shape index (κ2) is 7.18. The summed E-state index contributed by atoms with van der Waals surface area (Å²) >= 11 is 0. The molecule has 5 nitrogen and oxygen atoms in total. The molecule has 1 saturated heterocycles. The van der Waals surface area contributed by atoms with Gasteiger partial charge in [-0.25, -0.2) is 4.68 Å². The van der Waals surface area contributed by atoms with Gasteiger partial charge in [-0.05, 0) is 37.1 Å². The molecule has 1 amide bonds. The minimum absolute atomic E-state index is 0.0536. The first-order valence-corrected chi connectivity index (χ1v) is 8.68. The van der Waals surface area contributed by atoms with Gasteiger partial charge in [-0.2, -0.15) is 5.10 Å². The van der Waals surface area contributed by atoms with Crippen molar-refractivity contribution in [2.75, 3.05) is 13.1 Å². The van der Waals surface area contributed by atoms with E-state index in [1.807, 2.05) is 48.1 Å². The lowest BCUT2D eigenvalue weighted by atomic mass is 9.88. The quantitative estimate of drug-likeness (QED) is 0.857. The Morgan fingerprint density at radius 1 is 1.29 bits per heavy atom. The topological polar surface area (TPSA) is 59.0 Å². The Bertz CT molecular complexity index is 689. The zero-order valence-electron chi connectivity index (χ0n) is 14.6. The number of hydrogen-bond acceptors (Lipinski definition) is 3. The minimum atomic E-state index is 0.0536. The van der Waals surface area contributed by atoms with Crippen LogP contribution in [0.5, 0.6) is 0 Å². The van der Waals surface area contributed by atoms with E-state index in [1.54, 1.807) is 0 Å². The Balaban J connectivity index is 1.72. The van der Waals surface area contributed by atoms with Gasteiger partial charge in [0.25, 0.3) is 0 Å². The van der Waals surface area contributed by atoms with Crippen LogP contribution in [0.3, 0.4) is 0 Å². The average Bonchev–Trinajstić information content (AvgIpc) is 2.96. The molecular weight excluding hydrogens is 300 g/mol. The van der Waals surface area contributed by atoms with E-state index in [4.69, 9.17) is 5.10 Å². The van der Waals surface area contributed by atoms with E-state index < -0.39 is 0 Å². The summed E-state index contributed by atoms with van der Waals surface area (Å²) < 4.78 is 1.90. The first-order chi connectivity index (χ1) is 11.6. The van der Waals surface area contributed by atoms with E-state index in [1.165, 1.54) is 0 Å². The molecule has 1 aromatic carbocycles. The Kier molecular flexibility index (Phi) is 5.00. The van der Waals surface area contributed by atoms with Crippen molar-refractivity contribution in [3.63, 3.8) is 0 Å². The summed E-state index contributed by atoms with van der Waals surface area (Å²) in [5, 5.41) is 11.0. The van der Waals surface area contributed by atoms with E-state index in [0.29, 0.717) is 18.4 Å². The monoisotopic (exact) mass is 326 g/mol. The molecule has 0 saturated carbocycles. The third-order valence-corrected chi connectivity index (χ3v) is 4.78. The number of amides is 1. The average molecular weight is 326 g/mol. The van der Waals surface area contributed by atoms with Crippen molar-refractivity contribution in [1.82, 2.24) is 20.4 Å². The number of aromatic nitrogens is 2. The van der Waals surface area contributed by atoms with Gasteiger partial charge in [0.15, 0.2) is 0 Å². The number of nitrogens with zero attached hydrogens (tertiary/aromatic N) is 2. The summed E-state index contributed by atoms with van der Waals surface area (Å²) in [6.07, 6.45) is 2.03. The molecule has 0 radical (unpaired) electrons. The molecule has 0 aliphatic carbocycles. The summed E-state index contributed by atoms with van der Waals surface area (Å²) in [5.74, 6) is 0.957. The Hall–Kier alpha value is -2.14. The van der Waals surface area contributed by atoms with Crippen LogP contribution in [0.4, 0.5) is 0 Å². The van der Waals surface area contributed by atoms with Crippen LogP contribution in [0, 0.1) is 11.8 Å². The van der Waals surface area contributed by atoms with E-state index in [2.05, 4.69) is 24.5 Å². The maximum Gasteiger partial charge on any atom is 0.223 e. The first kappa shape index (κ1) is 16.7. The number of carbonyl (C=O) groups is 1. The van der Waals surface area contributed by atoms with Gasteiger partial charge < -0.3 is 10.6 Å². The lowest BCUT2D eigenvalue weighted by Gasteiger charge is -2.31. The van der Waals surface area contributed by atoms with Gasteiger partial charge in [-0.3, -0.25) is 4.79 Å². The van der Waals surface area contributed by atoms with Gasteiger partial charge in [0.05, 0.1) is 11.4 Å². The van der Waals surface area contributed by atoms with Crippen molar-refractivity contribution in [3.05, 3.63) is 47.8 Å². The molecule has 1 aliphatic heterocycles. The van der Waals surface area contributed by atoms with E-state index in [0.717, 1.165) is 30.0 Å². The summed E-state index contributed by atoms with van der Waals surface area (Å²) in [4.78, 5) is 12.3. The van der Waals surface area contributed by atoms with Crippen molar-refractivity contribution in [2.45, 2.75) is 33.2 Å². The van der Waals surface area contributed by atoms with Gasteiger partial charge >= 0.3 is 0 Å². The molecule has 2 aromatic rings. The van der Waals surface area contributed by atoms with Crippen LogP contribution in [-0.4, -0.2) is 28.8 Å². The molecule has 128 valence electrons. The molecular formula is C19H26N4O. The third-order valence-electron chi connectivity index (χ3n) is 4.78. The number of rotatable bonds is 6. The fourth-order valence-corrected chi connectivity index (χ4v) is 2.98. The SMILES string of the molecule is CC(C)c1nn(-c2ccccc2)cc1CNC(=O)C(C)C1CNC1. The number of para-hydroxylation sites is 1. The first-order valence-electron chi connectivity index (χ1n) is 8.68. The summed E-state index contributed by atoms with van der Waals surface area (Å²) in [6.45, 7) is 8.69. The lowest BCUT2D eigenvalue weighted by Crippen LogP contribution is -2.49. The third kappa shape index (κ3) is 3.51. The Morgan fingerprint density at radius 3 is 2.58 bits per heavy atom. The maximum absolute atomic E-state index is 12.3. The normalized spacial score (nSPS) is 16.0. The molecule has 24 heavy (non-hydrogen) atoms. The van der Waals surface area contributed by atoms with Crippen LogP contribution in [-0.2, 0) is 11.3 Å².